The minimum absolute atomic E-state index is 0.571. The summed E-state index contributed by atoms with van der Waals surface area (Å²) in [6, 6.07) is 117. The number of hydrogen-bond donors (Lipinski definition) is 0. The van der Waals surface area contributed by atoms with Crippen LogP contribution < -0.4 is 0 Å². The molecule has 8 nitrogen and oxygen atoms in total. The molecular weight excluding hydrogens is 1170 g/mol. The fourth-order valence-electron chi connectivity index (χ4n) is 12.6. The molecule has 8 heteroatoms. The van der Waals surface area contributed by atoms with E-state index in [1.807, 2.05) is 140 Å². The maximum Gasteiger partial charge on any atom is 0.164 e. The molecule has 0 spiro atoms. The molecule has 96 heavy (non-hydrogen) atoms. The average molecular weight is 1220 g/mol. The summed E-state index contributed by atoms with van der Waals surface area (Å²) in [5.74, 6) is 3.53. The van der Waals surface area contributed by atoms with Crippen molar-refractivity contribution in [2.45, 2.75) is 0 Å². The van der Waals surface area contributed by atoms with Crippen molar-refractivity contribution in [3.05, 3.63) is 339 Å². The number of fused-ring (bicyclic) bond motifs is 2. The standard InChI is InChI=1S/C88H54N8/c89-55-57-27-29-58(30-28-57)70-24-14-25-75(49-70)82-52-72-22-11-10-21-71(72)51-80(82)62-37-43-69(44-38-62)88-95-85(66-19-8-3-9-20-66)94-86(96-88)67-41-31-59(32-42-67)73-47-48-74-53-79(61-35-33-60(34-36-61)78-26-13-12-23-76(78)56-90)81(54-77(74)50-73)63-39-45-68(46-40-63)87-92-83(64-15-4-1-5-16-64)91-84(93-87)65-17-6-2-7-18-65/h1-54H. The lowest BCUT2D eigenvalue weighted by atomic mass is 9.89. The lowest BCUT2D eigenvalue weighted by Crippen LogP contribution is -2.00. The van der Waals surface area contributed by atoms with E-state index in [2.05, 4.69) is 200 Å². The van der Waals surface area contributed by atoms with Crippen molar-refractivity contribution >= 4 is 21.5 Å². The topological polar surface area (TPSA) is 125 Å². The third kappa shape index (κ3) is 11.6. The molecule has 0 saturated heterocycles. The summed E-state index contributed by atoms with van der Waals surface area (Å²) >= 11 is 0. The summed E-state index contributed by atoms with van der Waals surface area (Å²) in [4.78, 5) is 30.4. The lowest BCUT2D eigenvalue weighted by molar-refractivity contribution is 1.07. The number of nitriles is 2. The van der Waals surface area contributed by atoms with Gasteiger partial charge in [0.25, 0.3) is 0 Å². The van der Waals surface area contributed by atoms with Crippen LogP contribution in [0.5, 0.6) is 0 Å². The Morgan fingerprint density at radius 1 is 0.177 bits per heavy atom. The van der Waals surface area contributed by atoms with Crippen molar-refractivity contribution in [1.82, 2.24) is 29.9 Å². The summed E-state index contributed by atoms with van der Waals surface area (Å²) in [6.45, 7) is 0. The van der Waals surface area contributed by atoms with Gasteiger partial charge in [-0.05, 0) is 154 Å². The zero-order valence-electron chi connectivity index (χ0n) is 51.8. The molecule has 0 amide bonds. The Morgan fingerprint density at radius 2 is 0.469 bits per heavy atom. The molecule has 0 aliphatic heterocycles. The Bertz CT molecular complexity index is 5610. The number of rotatable bonds is 13. The molecule has 446 valence electrons. The highest BCUT2D eigenvalue weighted by molar-refractivity contribution is 6.00. The first-order chi connectivity index (χ1) is 47.4. The van der Waals surface area contributed by atoms with Crippen LogP contribution in [-0.2, 0) is 0 Å². The Labute approximate surface area is 555 Å². The van der Waals surface area contributed by atoms with Crippen LogP contribution in [-0.4, -0.2) is 29.9 Å². The SMILES string of the molecule is N#Cc1ccc(-c2cccc(-c3cc4ccccc4cc3-c3ccc(-c4nc(-c5ccccc5)nc(-c5ccc(-c6ccc7cc(-c8ccc(-c9ccccc9C#N)cc8)c(-c8ccc(-c9nc(-c%10ccccc%10)nc(-c%10ccccc%10)n9)cc8)cc7c6)cc5)n4)cc3)c2)cc1. The molecule has 14 aromatic carbocycles. The third-order valence-electron chi connectivity index (χ3n) is 17.7. The number of hydrogen-bond acceptors (Lipinski definition) is 8. The van der Waals surface area contributed by atoms with Gasteiger partial charge in [-0.3, -0.25) is 0 Å². The van der Waals surface area contributed by atoms with E-state index < -0.39 is 0 Å². The first-order valence-corrected chi connectivity index (χ1v) is 31.7. The Hall–Kier alpha value is -13.4. The predicted molar refractivity (Wildman–Crippen MR) is 388 cm³/mol. The normalized spacial score (nSPS) is 11.1. The molecule has 0 radical (unpaired) electrons. The highest BCUT2D eigenvalue weighted by Crippen LogP contribution is 2.42. The van der Waals surface area contributed by atoms with Gasteiger partial charge >= 0.3 is 0 Å². The molecule has 0 N–H and O–H groups in total. The Kier molecular flexibility index (Phi) is 15.2. The van der Waals surface area contributed by atoms with Crippen molar-refractivity contribution in [2.75, 3.05) is 0 Å². The largest absolute Gasteiger partial charge is 0.208 e. The summed E-state index contributed by atoms with van der Waals surface area (Å²) < 4.78 is 0. The molecule has 0 unspecified atom stereocenters. The van der Waals surface area contributed by atoms with Gasteiger partial charge in [-0.1, -0.05) is 273 Å². The van der Waals surface area contributed by atoms with Crippen molar-refractivity contribution in [2.24, 2.45) is 0 Å². The molecule has 0 aliphatic carbocycles. The van der Waals surface area contributed by atoms with Crippen molar-refractivity contribution in [1.29, 1.82) is 10.5 Å². The van der Waals surface area contributed by atoms with Crippen molar-refractivity contribution in [3.63, 3.8) is 0 Å². The fraction of sp³-hybridized carbons (Fsp3) is 0. The van der Waals surface area contributed by atoms with E-state index in [9.17, 15) is 10.5 Å². The van der Waals surface area contributed by atoms with Gasteiger partial charge in [-0.2, -0.15) is 10.5 Å². The molecule has 16 rings (SSSR count). The smallest absolute Gasteiger partial charge is 0.164 e. The second-order valence-electron chi connectivity index (χ2n) is 23.7. The molecule has 2 aromatic heterocycles. The van der Waals surface area contributed by atoms with Crippen LogP contribution in [0, 0.1) is 22.7 Å². The Balaban J connectivity index is 0.737. The van der Waals surface area contributed by atoms with Gasteiger partial charge in [0.15, 0.2) is 34.9 Å². The van der Waals surface area contributed by atoms with Gasteiger partial charge in [-0.15, -0.1) is 0 Å². The monoisotopic (exact) mass is 1220 g/mol. The maximum atomic E-state index is 9.98. The zero-order valence-corrected chi connectivity index (χ0v) is 51.8. The van der Waals surface area contributed by atoms with Gasteiger partial charge in [-0.25, -0.2) is 29.9 Å². The molecule has 0 fully saturated rings. The van der Waals surface area contributed by atoms with Crippen LogP contribution in [0.3, 0.4) is 0 Å². The van der Waals surface area contributed by atoms with E-state index >= 15 is 0 Å². The van der Waals surface area contributed by atoms with Gasteiger partial charge in [0, 0.05) is 33.4 Å². The van der Waals surface area contributed by atoms with Gasteiger partial charge < -0.3 is 0 Å². The van der Waals surface area contributed by atoms with Crippen LogP contribution in [0.4, 0.5) is 0 Å². The molecule has 16 aromatic rings. The first-order valence-electron chi connectivity index (χ1n) is 31.7. The van der Waals surface area contributed by atoms with Crippen LogP contribution in [0.1, 0.15) is 11.1 Å². The molecule has 0 aliphatic rings. The molecule has 0 atom stereocenters. The van der Waals surface area contributed by atoms with Gasteiger partial charge in [0.2, 0.25) is 0 Å². The summed E-state index contributed by atoms with van der Waals surface area (Å²) in [6.07, 6.45) is 0. The third-order valence-corrected chi connectivity index (χ3v) is 17.7. The minimum atomic E-state index is 0.571. The number of benzene rings is 14. The summed E-state index contributed by atoms with van der Waals surface area (Å²) in [5.41, 5.74) is 21.3. The minimum Gasteiger partial charge on any atom is -0.208 e. The Morgan fingerprint density at radius 3 is 0.896 bits per heavy atom. The fourth-order valence-corrected chi connectivity index (χ4v) is 12.6. The highest BCUT2D eigenvalue weighted by atomic mass is 15.0. The van der Waals surface area contributed by atoms with E-state index in [0.29, 0.717) is 46.1 Å². The predicted octanol–water partition coefficient (Wildman–Crippen LogP) is 21.8. The van der Waals surface area contributed by atoms with Crippen molar-refractivity contribution < 1.29 is 0 Å². The second kappa shape index (κ2) is 25.4. The highest BCUT2D eigenvalue weighted by Gasteiger charge is 2.19. The van der Waals surface area contributed by atoms with Crippen LogP contribution >= 0.6 is 0 Å². The summed E-state index contributed by atoms with van der Waals surface area (Å²) in [5, 5.41) is 23.9. The molecular formula is C88H54N8. The van der Waals surface area contributed by atoms with Crippen LogP contribution in [0.15, 0.2) is 328 Å². The van der Waals surface area contributed by atoms with Crippen LogP contribution in [0.25, 0.3) is 168 Å². The van der Waals surface area contributed by atoms with Crippen LogP contribution in [0.2, 0.25) is 0 Å². The van der Waals surface area contributed by atoms with E-state index in [1.165, 1.54) is 0 Å². The number of aromatic nitrogens is 6. The van der Waals surface area contributed by atoms with Gasteiger partial charge in [0.1, 0.15) is 0 Å². The zero-order chi connectivity index (χ0) is 64.3. The second-order valence-corrected chi connectivity index (χ2v) is 23.7. The van der Waals surface area contributed by atoms with E-state index in [0.717, 1.165) is 133 Å². The van der Waals surface area contributed by atoms with E-state index in [-0.39, 0.29) is 0 Å². The first kappa shape index (κ1) is 57.7. The lowest BCUT2D eigenvalue weighted by Gasteiger charge is -2.15. The summed E-state index contributed by atoms with van der Waals surface area (Å²) in [7, 11) is 0. The molecule has 0 bridgehead atoms. The quantitative estimate of drug-likeness (QED) is 0.112. The molecule has 0 saturated carbocycles. The van der Waals surface area contributed by atoms with Crippen molar-refractivity contribution in [3.8, 4) is 158 Å². The van der Waals surface area contributed by atoms with E-state index in [4.69, 9.17) is 29.9 Å². The number of nitrogens with zero attached hydrogens (tertiary/aromatic N) is 8. The van der Waals surface area contributed by atoms with Gasteiger partial charge in [0.05, 0.1) is 23.3 Å². The maximum absolute atomic E-state index is 9.98. The molecule has 2 heterocycles. The average Bonchev–Trinajstić information content (AvgIpc) is 0.792. The van der Waals surface area contributed by atoms with E-state index in [1.54, 1.807) is 0 Å².